The fourth-order valence-corrected chi connectivity index (χ4v) is 4.18. The third kappa shape index (κ3) is 7.99. The van der Waals surface area contributed by atoms with E-state index in [1.54, 1.807) is 4.90 Å². The predicted octanol–water partition coefficient (Wildman–Crippen LogP) is 6.21. The molecule has 3 amide bonds. The number of nitrogens with one attached hydrogen (secondary N) is 1. The molecular weight excluding hydrogens is 434 g/mol. The minimum absolute atomic E-state index is 0.0609. The van der Waals surface area contributed by atoms with Gasteiger partial charge < -0.3 is 15.1 Å². The summed E-state index contributed by atoms with van der Waals surface area (Å²) in [4.78, 5) is 30.1. The molecule has 0 saturated carbocycles. The lowest BCUT2D eigenvalue weighted by molar-refractivity contribution is -0.132. The van der Waals surface area contributed by atoms with Crippen molar-refractivity contribution in [3.63, 3.8) is 0 Å². The van der Waals surface area contributed by atoms with Crippen LogP contribution in [0.1, 0.15) is 42.0 Å². The van der Waals surface area contributed by atoms with Crippen LogP contribution in [0, 0.1) is 13.8 Å². The molecule has 5 nitrogen and oxygen atoms in total. The van der Waals surface area contributed by atoms with Crippen molar-refractivity contribution in [2.75, 3.05) is 25.0 Å². The molecule has 3 rings (SSSR count). The Morgan fingerprint density at radius 3 is 1.91 bits per heavy atom. The van der Waals surface area contributed by atoms with E-state index in [1.165, 1.54) is 5.56 Å². The molecule has 5 heteroatoms. The number of amides is 3. The second kappa shape index (κ2) is 13.3. The lowest BCUT2D eigenvalue weighted by atomic mass is 10.1. The molecule has 0 aromatic heterocycles. The summed E-state index contributed by atoms with van der Waals surface area (Å²) in [5.74, 6) is 0.0609. The number of carbonyl (C=O) groups is 2. The molecule has 0 saturated heterocycles. The van der Waals surface area contributed by atoms with E-state index in [9.17, 15) is 9.59 Å². The Morgan fingerprint density at radius 2 is 1.31 bits per heavy atom. The zero-order valence-corrected chi connectivity index (χ0v) is 21.2. The number of hydrogen-bond donors (Lipinski definition) is 1. The first kappa shape index (κ1) is 26.0. The smallest absolute Gasteiger partial charge is 0.321 e. The highest BCUT2D eigenvalue weighted by atomic mass is 16.2. The van der Waals surface area contributed by atoms with Gasteiger partial charge in [0.25, 0.3) is 0 Å². The van der Waals surface area contributed by atoms with Gasteiger partial charge >= 0.3 is 6.03 Å². The Hall–Kier alpha value is -3.60. The van der Waals surface area contributed by atoms with E-state index in [2.05, 4.69) is 17.4 Å². The molecule has 1 N–H and O–H groups in total. The van der Waals surface area contributed by atoms with E-state index >= 15 is 0 Å². The minimum atomic E-state index is -0.157. The second-order valence-electron chi connectivity index (χ2n) is 8.97. The summed E-state index contributed by atoms with van der Waals surface area (Å²) in [6.45, 7) is 8.22. The minimum Gasteiger partial charge on any atom is -0.338 e. The van der Waals surface area contributed by atoms with Crippen LogP contribution in [0.4, 0.5) is 10.5 Å². The molecule has 0 aliphatic rings. The van der Waals surface area contributed by atoms with Crippen LogP contribution < -0.4 is 5.32 Å². The predicted molar refractivity (Wildman–Crippen MR) is 143 cm³/mol. The zero-order valence-electron chi connectivity index (χ0n) is 21.2. The van der Waals surface area contributed by atoms with E-state index in [4.69, 9.17) is 0 Å². The monoisotopic (exact) mass is 471 g/mol. The average molecular weight is 472 g/mol. The molecule has 0 aliphatic carbocycles. The number of benzene rings is 3. The van der Waals surface area contributed by atoms with Gasteiger partial charge in [0.05, 0.1) is 0 Å². The summed E-state index contributed by atoms with van der Waals surface area (Å²) in [5.41, 5.74) is 5.21. The molecule has 0 unspecified atom stereocenters. The van der Waals surface area contributed by atoms with E-state index in [0.29, 0.717) is 32.6 Å². The van der Waals surface area contributed by atoms with E-state index in [0.717, 1.165) is 35.2 Å². The summed E-state index contributed by atoms with van der Waals surface area (Å²) in [6.07, 6.45) is 1.92. The molecule has 35 heavy (non-hydrogen) atoms. The molecule has 0 spiro atoms. The molecule has 184 valence electrons. The SMILES string of the molecule is CCCN(CCC(=O)N(CCc1ccccc1)Cc1ccccc1)C(=O)Nc1c(C)cccc1C. The Morgan fingerprint density at radius 1 is 0.714 bits per heavy atom. The third-order valence-corrected chi connectivity index (χ3v) is 6.17. The zero-order chi connectivity index (χ0) is 25.0. The maximum atomic E-state index is 13.3. The van der Waals surface area contributed by atoms with Gasteiger partial charge in [-0.05, 0) is 48.9 Å². The lowest BCUT2D eigenvalue weighted by Gasteiger charge is -2.27. The number of nitrogens with zero attached hydrogens (tertiary/aromatic N) is 2. The normalized spacial score (nSPS) is 10.6. The van der Waals surface area contributed by atoms with Crippen LogP contribution in [0.2, 0.25) is 0 Å². The van der Waals surface area contributed by atoms with Gasteiger partial charge in [0.1, 0.15) is 0 Å². The average Bonchev–Trinajstić information content (AvgIpc) is 2.87. The summed E-state index contributed by atoms with van der Waals surface area (Å²) in [6, 6.07) is 26.1. The number of anilines is 1. The Labute approximate surface area is 209 Å². The quantitative estimate of drug-likeness (QED) is 0.361. The molecule has 0 fully saturated rings. The number of carbonyl (C=O) groups excluding carboxylic acids is 2. The van der Waals surface area contributed by atoms with E-state index < -0.39 is 0 Å². The Balaban J connectivity index is 1.66. The molecule has 0 radical (unpaired) electrons. The molecule has 3 aromatic rings. The number of aryl methyl sites for hydroxylation is 2. The molecule has 0 bridgehead atoms. The van der Waals surface area contributed by atoms with Gasteiger partial charge in [0, 0.05) is 38.3 Å². The van der Waals surface area contributed by atoms with Crippen LogP contribution in [-0.4, -0.2) is 41.4 Å². The van der Waals surface area contributed by atoms with Crippen LogP contribution >= 0.6 is 0 Å². The summed E-state index contributed by atoms with van der Waals surface area (Å²) < 4.78 is 0. The maximum absolute atomic E-state index is 13.3. The van der Waals surface area contributed by atoms with Crippen LogP contribution in [-0.2, 0) is 17.8 Å². The maximum Gasteiger partial charge on any atom is 0.321 e. The summed E-state index contributed by atoms with van der Waals surface area (Å²) in [7, 11) is 0. The first-order valence-electron chi connectivity index (χ1n) is 12.5. The van der Waals surface area contributed by atoms with Crippen molar-refractivity contribution in [1.82, 2.24) is 9.80 Å². The van der Waals surface area contributed by atoms with Gasteiger partial charge in [-0.15, -0.1) is 0 Å². The molecule has 0 aliphatic heterocycles. The number of hydrogen-bond acceptors (Lipinski definition) is 2. The van der Waals surface area contributed by atoms with E-state index in [1.807, 2.05) is 92.4 Å². The van der Waals surface area contributed by atoms with Gasteiger partial charge in [-0.1, -0.05) is 85.8 Å². The molecular formula is C30H37N3O2. The van der Waals surface area contributed by atoms with Crippen LogP contribution in [0.15, 0.2) is 78.9 Å². The van der Waals surface area contributed by atoms with Gasteiger partial charge in [0.2, 0.25) is 5.91 Å². The van der Waals surface area contributed by atoms with Crippen molar-refractivity contribution < 1.29 is 9.59 Å². The van der Waals surface area contributed by atoms with Crippen LogP contribution in [0.3, 0.4) is 0 Å². The first-order chi connectivity index (χ1) is 17.0. The summed E-state index contributed by atoms with van der Waals surface area (Å²) in [5, 5.41) is 3.06. The molecule has 3 aromatic carbocycles. The van der Waals surface area contributed by atoms with Crippen molar-refractivity contribution in [2.45, 2.75) is 46.6 Å². The van der Waals surface area contributed by atoms with Crippen LogP contribution in [0.25, 0.3) is 0 Å². The Kier molecular flexibility index (Phi) is 9.91. The van der Waals surface area contributed by atoms with Crippen molar-refractivity contribution in [3.05, 3.63) is 101 Å². The molecule has 0 atom stereocenters. The number of para-hydroxylation sites is 1. The standard InChI is InChI=1S/C30H37N3O2/c1-4-20-32(30(35)31-29-24(2)12-11-13-25(29)3)22-19-28(34)33(23-27-16-9-6-10-17-27)21-18-26-14-7-5-8-15-26/h5-17H,4,18-23H2,1-3H3,(H,31,35). The third-order valence-electron chi connectivity index (χ3n) is 6.17. The largest absolute Gasteiger partial charge is 0.338 e. The molecule has 0 heterocycles. The Bertz CT molecular complexity index is 1060. The van der Waals surface area contributed by atoms with Gasteiger partial charge in [-0.3, -0.25) is 4.79 Å². The van der Waals surface area contributed by atoms with Crippen molar-refractivity contribution in [1.29, 1.82) is 0 Å². The van der Waals surface area contributed by atoms with Crippen molar-refractivity contribution >= 4 is 17.6 Å². The van der Waals surface area contributed by atoms with E-state index in [-0.39, 0.29) is 11.9 Å². The highest BCUT2D eigenvalue weighted by Crippen LogP contribution is 2.20. The first-order valence-corrected chi connectivity index (χ1v) is 12.5. The highest BCUT2D eigenvalue weighted by Gasteiger charge is 2.19. The van der Waals surface area contributed by atoms with Gasteiger partial charge in [-0.2, -0.15) is 0 Å². The number of rotatable bonds is 11. The fraction of sp³-hybridized carbons (Fsp3) is 0.333. The summed E-state index contributed by atoms with van der Waals surface area (Å²) >= 11 is 0. The second-order valence-corrected chi connectivity index (χ2v) is 8.97. The van der Waals surface area contributed by atoms with Crippen LogP contribution in [0.5, 0.6) is 0 Å². The van der Waals surface area contributed by atoms with Gasteiger partial charge in [-0.25, -0.2) is 4.79 Å². The topological polar surface area (TPSA) is 52.7 Å². The van der Waals surface area contributed by atoms with Crippen molar-refractivity contribution in [2.24, 2.45) is 0 Å². The lowest BCUT2D eigenvalue weighted by Crippen LogP contribution is -2.40. The number of urea groups is 1. The van der Waals surface area contributed by atoms with Crippen molar-refractivity contribution in [3.8, 4) is 0 Å². The van der Waals surface area contributed by atoms with Gasteiger partial charge in [0.15, 0.2) is 0 Å². The fourth-order valence-electron chi connectivity index (χ4n) is 4.18. The highest BCUT2D eigenvalue weighted by molar-refractivity contribution is 5.91.